The Morgan fingerprint density at radius 2 is 2.08 bits per heavy atom. The Kier molecular flexibility index (Phi) is 6.49. The van der Waals surface area contributed by atoms with Crippen molar-refractivity contribution in [3.05, 3.63) is 60.4 Å². The number of phosphoric ester groups is 1. The zero-order chi connectivity index (χ0) is 25.3. The van der Waals surface area contributed by atoms with Crippen molar-refractivity contribution in [1.29, 1.82) is 0 Å². The van der Waals surface area contributed by atoms with Crippen LogP contribution >= 0.6 is 7.82 Å². The molecule has 15 heteroatoms. The number of nitrogens with zero attached hydrogens (tertiary/aromatic N) is 6. The van der Waals surface area contributed by atoms with Crippen molar-refractivity contribution in [3.8, 4) is 11.1 Å². The molecule has 188 valence electrons. The molecule has 1 fully saturated rings. The topological polar surface area (TPSA) is 167 Å². The van der Waals surface area contributed by atoms with Crippen molar-refractivity contribution < 1.29 is 37.6 Å². The summed E-state index contributed by atoms with van der Waals surface area (Å²) in [5.41, 5.74) is 2.02. The molecule has 0 radical (unpaired) electrons. The molecule has 3 aromatic rings. The van der Waals surface area contributed by atoms with Gasteiger partial charge in [0.1, 0.15) is 17.6 Å². The first-order valence-corrected chi connectivity index (χ1v) is 12.2. The van der Waals surface area contributed by atoms with Crippen LogP contribution in [0.1, 0.15) is 12.1 Å². The first kappa shape index (κ1) is 24.0. The highest BCUT2D eigenvalue weighted by atomic mass is 31.2. The van der Waals surface area contributed by atoms with Gasteiger partial charge in [-0.25, -0.2) is 13.9 Å². The number of pyridine rings is 1. The van der Waals surface area contributed by atoms with Crippen molar-refractivity contribution in [2.24, 2.45) is 5.16 Å². The molecule has 1 saturated heterocycles. The minimum absolute atomic E-state index is 0.194. The van der Waals surface area contributed by atoms with E-state index in [1.165, 1.54) is 23.4 Å². The number of carbonyl (C=O) groups excluding carboxylic acids is 1. The summed E-state index contributed by atoms with van der Waals surface area (Å²) in [6.07, 6.45) is 3.09. The number of benzene rings is 1. The number of ether oxygens (including phenoxy) is 1. The zero-order valence-electron chi connectivity index (χ0n) is 18.5. The third kappa shape index (κ3) is 5.41. The molecule has 2 aromatic heterocycles. The minimum Gasteiger partial charge on any atom is -0.790 e. The number of carbonyl (C=O) groups is 1. The van der Waals surface area contributed by atoms with Crippen LogP contribution in [0.2, 0.25) is 0 Å². The van der Waals surface area contributed by atoms with E-state index in [0.29, 0.717) is 29.2 Å². The van der Waals surface area contributed by atoms with E-state index >= 15 is 0 Å². The Labute approximate surface area is 203 Å². The monoisotopic (exact) mass is 516 g/mol. The van der Waals surface area contributed by atoms with Gasteiger partial charge < -0.3 is 28.5 Å². The minimum atomic E-state index is -5.10. The smallest absolute Gasteiger partial charge is 0.414 e. The number of oxime groups is 1. The summed E-state index contributed by atoms with van der Waals surface area (Å²) in [6.45, 7) is 0.132. The van der Waals surface area contributed by atoms with Crippen LogP contribution in [0, 0.1) is 5.82 Å². The third-order valence-corrected chi connectivity index (χ3v) is 5.99. The second kappa shape index (κ2) is 9.74. The van der Waals surface area contributed by atoms with Crippen molar-refractivity contribution >= 4 is 25.3 Å². The fraction of sp³-hybridized carbons (Fsp3) is 0.286. The number of hydrogen-bond donors (Lipinski definition) is 0. The van der Waals surface area contributed by atoms with E-state index in [-0.39, 0.29) is 18.5 Å². The Bertz CT molecular complexity index is 1330. The lowest BCUT2D eigenvalue weighted by molar-refractivity contribution is -0.342. The predicted octanol–water partition coefficient (Wildman–Crippen LogP) is 0.843. The molecule has 1 aromatic carbocycles. The van der Waals surface area contributed by atoms with E-state index in [4.69, 9.17) is 9.57 Å². The van der Waals surface area contributed by atoms with E-state index in [1.54, 1.807) is 35.1 Å². The largest absolute Gasteiger partial charge is 0.790 e. The fourth-order valence-corrected chi connectivity index (χ4v) is 4.19. The van der Waals surface area contributed by atoms with Gasteiger partial charge >= 0.3 is 6.09 Å². The summed E-state index contributed by atoms with van der Waals surface area (Å²) >= 11 is 0. The summed E-state index contributed by atoms with van der Waals surface area (Å²) in [4.78, 5) is 44.2. The lowest BCUT2D eigenvalue weighted by Gasteiger charge is -2.29. The van der Waals surface area contributed by atoms with Crippen molar-refractivity contribution in [3.63, 3.8) is 0 Å². The number of halogens is 1. The van der Waals surface area contributed by atoms with Crippen molar-refractivity contribution in [1.82, 2.24) is 20.0 Å². The molecule has 0 N–H and O–H groups in total. The fourth-order valence-electron chi connectivity index (χ4n) is 3.84. The van der Waals surface area contributed by atoms with Gasteiger partial charge in [0.15, 0.2) is 6.10 Å². The summed E-state index contributed by atoms with van der Waals surface area (Å²) in [6, 6.07) is 7.69. The number of cyclic esters (lactones) is 1. The highest BCUT2D eigenvalue weighted by Crippen LogP contribution is 2.30. The second-order valence-electron chi connectivity index (χ2n) is 8.05. The summed E-state index contributed by atoms with van der Waals surface area (Å²) < 4.78 is 36.7. The first-order chi connectivity index (χ1) is 17.2. The van der Waals surface area contributed by atoms with Gasteiger partial charge in [0.05, 0.1) is 45.1 Å². The summed E-state index contributed by atoms with van der Waals surface area (Å²) in [5.74, 6) is -0.548. The molecule has 5 rings (SSSR count). The maximum Gasteiger partial charge on any atom is 0.414 e. The molecule has 0 spiro atoms. The van der Waals surface area contributed by atoms with Crippen LogP contribution in [0.15, 0.2) is 54.1 Å². The number of phosphoric acid groups is 1. The maximum absolute atomic E-state index is 15.0. The number of aromatic nitrogens is 4. The highest BCUT2D eigenvalue weighted by molar-refractivity contribution is 7.43. The molecule has 13 nitrogen and oxygen atoms in total. The summed E-state index contributed by atoms with van der Waals surface area (Å²) in [7, 11) is -5.10. The molecule has 4 heterocycles. The predicted molar refractivity (Wildman–Crippen MR) is 117 cm³/mol. The summed E-state index contributed by atoms with van der Waals surface area (Å²) in [5, 5.41) is 11.4. The van der Waals surface area contributed by atoms with E-state index in [0.717, 1.165) is 0 Å². The average molecular weight is 516 g/mol. The molecule has 2 atom stereocenters. The lowest BCUT2D eigenvalue weighted by Crippen LogP contribution is -2.26. The van der Waals surface area contributed by atoms with Gasteiger partial charge in [0.25, 0.3) is 0 Å². The Hall–Kier alpha value is -3.71. The van der Waals surface area contributed by atoms with Gasteiger partial charge in [-0.15, -0.1) is 5.10 Å². The number of amides is 1. The molecule has 36 heavy (non-hydrogen) atoms. The standard InChI is InChI=1S/C21H20FN6O7P/c22-18-7-14(28-11-16(34-21(28)29)10-27-6-5-24-26-27)2-3-17(18)13-1-4-19(23-9-13)20-8-15(35-25-20)12-33-36(30,31)32/h1-7,9,15-16H,8,10-12H2,(H2,30,31,32)/p-2. The number of anilines is 1. The quantitative estimate of drug-likeness (QED) is 0.391. The van der Waals surface area contributed by atoms with Gasteiger partial charge in [-0.2, -0.15) is 0 Å². The van der Waals surface area contributed by atoms with Crippen molar-refractivity contribution in [2.45, 2.75) is 25.2 Å². The Morgan fingerprint density at radius 3 is 2.78 bits per heavy atom. The van der Waals surface area contributed by atoms with Gasteiger partial charge in [-0.1, -0.05) is 16.4 Å². The lowest BCUT2D eigenvalue weighted by atomic mass is 10.0. The van der Waals surface area contributed by atoms with Gasteiger partial charge in [-0.05, 0) is 24.3 Å². The Balaban J connectivity index is 1.23. The molecule has 2 unspecified atom stereocenters. The van der Waals surface area contributed by atoms with Crippen LogP contribution in [0.5, 0.6) is 0 Å². The van der Waals surface area contributed by atoms with Gasteiger partial charge in [-0.3, -0.25) is 9.88 Å². The molecule has 2 aliphatic rings. The van der Waals surface area contributed by atoms with Crippen LogP contribution in [-0.2, 0) is 25.2 Å². The molecule has 2 aliphatic heterocycles. The molecule has 0 aliphatic carbocycles. The third-order valence-electron chi connectivity index (χ3n) is 5.52. The van der Waals surface area contributed by atoms with Gasteiger partial charge in [0, 0.05) is 29.9 Å². The van der Waals surface area contributed by atoms with E-state index in [9.17, 15) is 23.5 Å². The van der Waals surface area contributed by atoms with E-state index in [2.05, 4.69) is 25.0 Å². The molecule has 0 bridgehead atoms. The van der Waals surface area contributed by atoms with Crippen LogP contribution < -0.4 is 14.7 Å². The molecular formula is C21H18FN6O7P-2. The normalized spacial score (nSPS) is 19.8. The van der Waals surface area contributed by atoms with Crippen LogP contribution in [0.25, 0.3) is 11.1 Å². The molecule has 1 amide bonds. The average Bonchev–Trinajstić information content (AvgIpc) is 3.59. The highest BCUT2D eigenvalue weighted by Gasteiger charge is 2.33. The second-order valence-corrected chi connectivity index (χ2v) is 9.20. The molecular weight excluding hydrogens is 498 g/mol. The Morgan fingerprint density at radius 1 is 1.22 bits per heavy atom. The van der Waals surface area contributed by atoms with E-state index < -0.39 is 38.5 Å². The zero-order valence-corrected chi connectivity index (χ0v) is 19.4. The molecule has 0 saturated carbocycles. The van der Waals surface area contributed by atoms with Crippen LogP contribution in [-0.4, -0.2) is 57.1 Å². The van der Waals surface area contributed by atoms with Crippen molar-refractivity contribution in [2.75, 3.05) is 18.1 Å². The van der Waals surface area contributed by atoms with Gasteiger partial charge in [0.2, 0.25) is 0 Å². The van der Waals surface area contributed by atoms with Crippen LogP contribution in [0.3, 0.4) is 0 Å². The maximum atomic E-state index is 15.0. The first-order valence-electron chi connectivity index (χ1n) is 10.7. The SMILES string of the molecule is O=C1OC(Cn2ccnn2)CN1c1ccc(-c2ccc(C3=NOC(COP(=O)([O-])[O-])C3)nc2)c(F)c1. The van der Waals surface area contributed by atoms with Crippen LogP contribution in [0.4, 0.5) is 14.9 Å². The van der Waals surface area contributed by atoms with E-state index in [1.807, 2.05) is 0 Å². The number of rotatable bonds is 8. The number of hydrogen-bond acceptors (Lipinski definition) is 11.